The van der Waals surface area contributed by atoms with Gasteiger partial charge in [-0.25, -0.2) is 4.98 Å². The zero-order valence-corrected chi connectivity index (χ0v) is 13.5. The lowest BCUT2D eigenvalue weighted by Crippen LogP contribution is -2.06. The Labute approximate surface area is 127 Å². The van der Waals surface area contributed by atoms with Crippen LogP contribution in [0.1, 0.15) is 25.1 Å². The molecule has 2 heterocycles. The van der Waals surface area contributed by atoms with Crippen LogP contribution in [-0.2, 0) is 0 Å². The van der Waals surface area contributed by atoms with Gasteiger partial charge in [0.25, 0.3) is 0 Å². The molecule has 0 aliphatic rings. The monoisotopic (exact) mass is 382 g/mol. The highest BCUT2D eigenvalue weighted by atomic mass is 79.9. The highest BCUT2D eigenvalue weighted by Crippen LogP contribution is 2.34. The second kappa shape index (κ2) is 5.13. The molecular weight excluding hydrogens is 372 g/mol. The van der Waals surface area contributed by atoms with Gasteiger partial charge in [0, 0.05) is 22.3 Å². The van der Waals surface area contributed by atoms with E-state index in [9.17, 15) is 0 Å². The van der Waals surface area contributed by atoms with E-state index in [-0.39, 0.29) is 6.04 Å². The molecule has 19 heavy (non-hydrogen) atoms. The smallest absolute Gasteiger partial charge is 0.148 e. The first-order chi connectivity index (χ1) is 9.19. The van der Waals surface area contributed by atoms with Crippen LogP contribution in [0.3, 0.4) is 0 Å². The van der Waals surface area contributed by atoms with E-state index >= 15 is 0 Å². The normalized spacial score (nSPS) is 13.0. The van der Waals surface area contributed by atoms with Crippen LogP contribution in [0.25, 0.3) is 11.0 Å². The number of aromatic nitrogens is 2. The molecule has 0 N–H and O–H groups in total. The molecule has 0 fully saturated rings. The van der Waals surface area contributed by atoms with E-state index in [1.807, 2.05) is 18.6 Å². The summed E-state index contributed by atoms with van der Waals surface area (Å²) in [6, 6.07) is 6.33. The highest BCUT2D eigenvalue weighted by molar-refractivity contribution is 9.11. The van der Waals surface area contributed by atoms with Crippen molar-refractivity contribution in [2.24, 2.45) is 0 Å². The molecule has 0 aliphatic heterocycles. The minimum atomic E-state index is 0.181. The predicted molar refractivity (Wildman–Crippen MR) is 82.3 cm³/mol. The number of fused-ring (bicyclic) bond motifs is 1. The highest BCUT2D eigenvalue weighted by Gasteiger charge is 2.17. The third-order valence-corrected chi connectivity index (χ3v) is 4.20. The van der Waals surface area contributed by atoms with Crippen LogP contribution < -0.4 is 0 Å². The molecule has 0 aliphatic carbocycles. The van der Waals surface area contributed by atoms with Gasteiger partial charge in [-0.15, -0.1) is 0 Å². The van der Waals surface area contributed by atoms with E-state index in [4.69, 9.17) is 4.42 Å². The van der Waals surface area contributed by atoms with Crippen molar-refractivity contribution < 1.29 is 4.42 Å². The molecule has 1 unspecified atom stereocenters. The molecule has 0 amide bonds. The number of nitrogens with zero attached hydrogens (tertiary/aromatic N) is 2. The fourth-order valence-corrected chi connectivity index (χ4v) is 3.61. The minimum Gasteiger partial charge on any atom is -0.458 e. The van der Waals surface area contributed by atoms with E-state index in [0.29, 0.717) is 0 Å². The van der Waals surface area contributed by atoms with E-state index in [0.717, 1.165) is 32.1 Å². The summed E-state index contributed by atoms with van der Waals surface area (Å²) in [5, 5.41) is 1.09. The molecule has 1 atom stereocenters. The molecule has 0 saturated carbocycles. The molecule has 1 aromatic carbocycles. The zero-order valence-electron chi connectivity index (χ0n) is 10.3. The van der Waals surface area contributed by atoms with Crippen LogP contribution >= 0.6 is 31.9 Å². The van der Waals surface area contributed by atoms with Gasteiger partial charge in [0.15, 0.2) is 0 Å². The maximum absolute atomic E-state index is 6.01. The number of furan rings is 1. The first-order valence-electron chi connectivity index (χ1n) is 6.05. The molecule has 0 radical (unpaired) electrons. The van der Waals surface area contributed by atoms with E-state index in [1.165, 1.54) is 0 Å². The quantitative estimate of drug-likeness (QED) is 0.625. The topological polar surface area (TPSA) is 31.0 Å². The summed E-state index contributed by atoms with van der Waals surface area (Å²) in [6.45, 7) is 2.14. The summed E-state index contributed by atoms with van der Waals surface area (Å²) < 4.78 is 10.1. The van der Waals surface area contributed by atoms with Crippen molar-refractivity contribution in [1.82, 2.24) is 9.55 Å². The van der Waals surface area contributed by atoms with Crippen LogP contribution in [0.5, 0.6) is 0 Å². The van der Waals surface area contributed by atoms with E-state index in [1.54, 1.807) is 6.20 Å². The summed E-state index contributed by atoms with van der Waals surface area (Å²) >= 11 is 7.04. The van der Waals surface area contributed by atoms with Crippen molar-refractivity contribution in [2.75, 3.05) is 0 Å². The maximum Gasteiger partial charge on any atom is 0.148 e. The lowest BCUT2D eigenvalue weighted by Gasteiger charge is -2.13. The van der Waals surface area contributed by atoms with Gasteiger partial charge in [-0.1, -0.05) is 22.9 Å². The van der Waals surface area contributed by atoms with Gasteiger partial charge < -0.3 is 8.98 Å². The fourth-order valence-electron chi connectivity index (χ4n) is 2.27. The SMILES string of the molecule is CCC(c1cc2cc(Br)cc(Br)c2o1)n1ccnc1. The van der Waals surface area contributed by atoms with Gasteiger partial charge in [0.1, 0.15) is 11.3 Å². The van der Waals surface area contributed by atoms with Crippen molar-refractivity contribution in [2.45, 2.75) is 19.4 Å². The summed E-state index contributed by atoms with van der Waals surface area (Å²) in [6.07, 6.45) is 6.53. The average molecular weight is 384 g/mol. The van der Waals surface area contributed by atoms with Crippen molar-refractivity contribution in [1.29, 1.82) is 0 Å². The van der Waals surface area contributed by atoms with Crippen molar-refractivity contribution in [3.05, 3.63) is 51.6 Å². The predicted octanol–water partition coefficient (Wildman–Crippen LogP) is 5.15. The van der Waals surface area contributed by atoms with Crippen molar-refractivity contribution in [3.63, 3.8) is 0 Å². The number of halogens is 2. The Balaban J connectivity index is 2.12. The first-order valence-corrected chi connectivity index (χ1v) is 7.63. The summed E-state index contributed by atoms with van der Waals surface area (Å²) in [5.41, 5.74) is 0.886. The second-order valence-electron chi connectivity index (χ2n) is 4.39. The molecule has 3 nitrogen and oxygen atoms in total. The Morgan fingerprint density at radius 3 is 2.84 bits per heavy atom. The Morgan fingerprint density at radius 2 is 2.16 bits per heavy atom. The zero-order chi connectivity index (χ0) is 13.4. The van der Waals surface area contributed by atoms with Crippen LogP contribution in [0.2, 0.25) is 0 Å². The molecule has 0 bridgehead atoms. The van der Waals surface area contributed by atoms with Crippen LogP contribution in [-0.4, -0.2) is 9.55 Å². The number of hydrogen-bond acceptors (Lipinski definition) is 2. The van der Waals surface area contributed by atoms with Crippen LogP contribution in [0.4, 0.5) is 0 Å². The lowest BCUT2D eigenvalue weighted by atomic mass is 10.1. The number of benzene rings is 1. The first kappa shape index (κ1) is 12.9. The molecule has 0 saturated heterocycles. The molecule has 0 spiro atoms. The Kier molecular flexibility index (Phi) is 3.50. The third kappa shape index (κ3) is 2.37. The summed E-state index contributed by atoms with van der Waals surface area (Å²) in [5.74, 6) is 0.953. The number of rotatable bonds is 3. The molecule has 5 heteroatoms. The Bertz CT molecular complexity index is 704. The van der Waals surface area contributed by atoms with Gasteiger partial charge >= 0.3 is 0 Å². The third-order valence-electron chi connectivity index (χ3n) is 3.15. The van der Waals surface area contributed by atoms with Gasteiger partial charge in [-0.2, -0.15) is 0 Å². The van der Waals surface area contributed by atoms with Crippen molar-refractivity contribution >= 4 is 42.8 Å². The molecule has 3 rings (SSSR count). The van der Waals surface area contributed by atoms with Gasteiger partial charge in [-0.3, -0.25) is 0 Å². The second-order valence-corrected chi connectivity index (χ2v) is 6.16. The fraction of sp³-hybridized carbons (Fsp3) is 0.214. The average Bonchev–Trinajstić information content (AvgIpc) is 2.99. The molecule has 2 aromatic heterocycles. The summed E-state index contributed by atoms with van der Waals surface area (Å²) in [4.78, 5) is 4.11. The standard InChI is InChI=1S/C14H12Br2N2O/c1-2-12(18-4-3-17-8-18)13-6-9-5-10(15)7-11(16)14(9)19-13/h3-8,12H,2H2,1H3. The van der Waals surface area contributed by atoms with E-state index in [2.05, 4.69) is 60.5 Å². The maximum atomic E-state index is 6.01. The van der Waals surface area contributed by atoms with Crippen LogP contribution in [0.15, 0.2) is 50.3 Å². The lowest BCUT2D eigenvalue weighted by molar-refractivity contribution is 0.439. The summed E-state index contributed by atoms with van der Waals surface area (Å²) in [7, 11) is 0. The molecule has 3 aromatic rings. The van der Waals surface area contributed by atoms with Gasteiger partial charge in [-0.05, 0) is 40.5 Å². The van der Waals surface area contributed by atoms with Gasteiger partial charge in [0.05, 0.1) is 16.8 Å². The van der Waals surface area contributed by atoms with E-state index < -0.39 is 0 Å². The molecule has 98 valence electrons. The molecular formula is C14H12Br2N2O. The number of hydrogen-bond donors (Lipinski definition) is 0. The van der Waals surface area contributed by atoms with Gasteiger partial charge in [0.2, 0.25) is 0 Å². The van der Waals surface area contributed by atoms with Crippen LogP contribution in [0, 0.1) is 0 Å². The number of imidazole rings is 1. The van der Waals surface area contributed by atoms with Crippen molar-refractivity contribution in [3.8, 4) is 0 Å². The minimum absolute atomic E-state index is 0.181. The largest absolute Gasteiger partial charge is 0.458 e. The Morgan fingerprint density at radius 1 is 1.32 bits per heavy atom. The Hall–Kier alpha value is -1.07.